The molecule has 0 spiro atoms. The van der Waals surface area contributed by atoms with Crippen molar-refractivity contribution in [2.24, 2.45) is 0 Å². The summed E-state index contributed by atoms with van der Waals surface area (Å²) in [5, 5.41) is 10.2. The van der Waals surface area contributed by atoms with Crippen molar-refractivity contribution >= 4 is 10.2 Å². The number of rotatable bonds is 4. The number of aliphatic hydroxyl groups is 1. The maximum Gasteiger partial charge on any atom is 0.282 e. The number of hydrogen-bond donors (Lipinski definition) is 1. The Morgan fingerprint density at radius 2 is 1.75 bits per heavy atom. The first-order valence-electron chi connectivity index (χ1n) is 7.49. The molecule has 2 aliphatic heterocycles. The van der Waals surface area contributed by atoms with Crippen molar-refractivity contribution in [3.63, 3.8) is 0 Å². The summed E-state index contributed by atoms with van der Waals surface area (Å²) in [5.74, 6) is 0. The molecule has 0 radical (unpaired) electrons. The van der Waals surface area contributed by atoms with Crippen LogP contribution >= 0.6 is 0 Å². The van der Waals surface area contributed by atoms with Gasteiger partial charge in [-0.05, 0) is 39.8 Å². The predicted molar refractivity (Wildman–Crippen MR) is 78.6 cm³/mol. The minimum Gasteiger partial charge on any atom is -0.390 e. The first-order chi connectivity index (χ1) is 9.34. The fourth-order valence-corrected chi connectivity index (χ4v) is 4.56. The van der Waals surface area contributed by atoms with Crippen molar-refractivity contribution in [3.8, 4) is 0 Å². The molecule has 0 aromatic heterocycles. The Hall–Kier alpha value is -0.210. The fourth-order valence-electron chi connectivity index (χ4n) is 2.98. The van der Waals surface area contributed by atoms with E-state index in [9.17, 15) is 13.5 Å². The summed E-state index contributed by atoms with van der Waals surface area (Å²) in [6, 6.07) is -0.128. The number of β-amino-alcohol motifs (C(OH)–C–C–N with tert-alkyl or cyclic N) is 1. The van der Waals surface area contributed by atoms with Gasteiger partial charge in [-0.15, -0.1) is 0 Å². The molecule has 2 fully saturated rings. The Bertz CT molecular complexity index is 421. The molecule has 118 valence electrons. The molecule has 0 unspecified atom stereocenters. The number of likely N-dealkylation sites (tertiary alicyclic amines) is 1. The van der Waals surface area contributed by atoms with Gasteiger partial charge in [-0.2, -0.15) is 17.0 Å². The van der Waals surface area contributed by atoms with Crippen LogP contribution in [0.5, 0.6) is 0 Å². The molecule has 2 aliphatic rings. The lowest BCUT2D eigenvalue weighted by atomic mass is 10.1. The van der Waals surface area contributed by atoms with Crippen LogP contribution < -0.4 is 0 Å². The summed E-state index contributed by atoms with van der Waals surface area (Å²) < 4.78 is 27.7. The molecule has 2 saturated heterocycles. The summed E-state index contributed by atoms with van der Waals surface area (Å²) >= 11 is 0. The third kappa shape index (κ3) is 3.17. The van der Waals surface area contributed by atoms with Crippen molar-refractivity contribution in [3.05, 3.63) is 0 Å². The molecule has 0 amide bonds. The van der Waals surface area contributed by atoms with Crippen LogP contribution in [0.3, 0.4) is 0 Å². The van der Waals surface area contributed by atoms with Crippen molar-refractivity contribution in [1.82, 2.24) is 13.5 Å². The van der Waals surface area contributed by atoms with Gasteiger partial charge in [-0.3, -0.25) is 4.90 Å². The maximum atomic E-state index is 12.5. The topological polar surface area (TPSA) is 64.1 Å². The molecule has 2 heterocycles. The zero-order chi connectivity index (χ0) is 14.9. The van der Waals surface area contributed by atoms with Crippen LogP contribution in [0.15, 0.2) is 0 Å². The molecule has 2 atom stereocenters. The fraction of sp³-hybridized carbons (Fsp3) is 1.00. The molecule has 2 rings (SSSR count). The molecule has 0 bridgehead atoms. The van der Waals surface area contributed by atoms with Gasteiger partial charge >= 0.3 is 0 Å². The quantitative estimate of drug-likeness (QED) is 0.800. The Kier molecular flexibility index (Phi) is 5.07. The molecule has 20 heavy (non-hydrogen) atoms. The normalized spacial score (nSPS) is 30.5. The van der Waals surface area contributed by atoms with Gasteiger partial charge in [0.15, 0.2) is 0 Å². The molecule has 0 aromatic rings. The van der Waals surface area contributed by atoms with Gasteiger partial charge < -0.3 is 5.11 Å². The van der Waals surface area contributed by atoms with Crippen LogP contribution in [-0.4, -0.2) is 78.4 Å². The number of aliphatic hydroxyl groups excluding tert-OH is 1. The van der Waals surface area contributed by atoms with Gasteiger partial charge in [0.1, 0.15) is 0 Å². The maximum absolute atomic E-state index is 12.5. The molecule has 0 saturated carbocycles. The van der Waals surface area contributed by atoms with E-state index in [4.69, 9.17) is 0 Å². The van der Waals surface area contributed by atoms with Gasteiger partial charge in [0.25, 0.3) is 10.2 Å². The van der Waals surface area contributed by atoms with Crippen LogP contribution in [-0.2, 0) is 10.2 Å². The summed E-state index contributed by atoms with van der Waals surface area (Å²) in [7, 11) is -1.86. The lowest BCUT2D eigenvalue weighted by Crippen LogP contribution is -2.47. The van der Waals surface area contributed by atoms with Gasteiger partial charge in [0.2, 0.25) is 0 Å². The largest absolute Gasteiger partial charge is 0.390 e. The number of hydrogen-bond acceptors (Lipinski definition) is 4. The first kappa shape index (κ1) is 16.2. The highest BCUT2D eigenvalue weighted by atomic mass is 32.2. The SMILES string of the molecule is CC(C)N(C)S(=O)(=O)N1C[C@H](O)[C@@H](N2CCCCC2)C1. The molecular formula is C13H27N3O3S. The zero-order valence-corrected chi connectivity index (χ0v) is 13.5. The summed E-state index contributed by atoms with van der Waals surface area (Å²) in [5.41, 5.74) is 0. The van der Waals surface area contributed by atoms with Gasteiger partial charge in [-0.1, -0.05) is 6.42 Å². The van der Waals surface area contributed by atoms with Crippen molar-refractivity contribution < 1.29 is 13.5 Å². The summed E-state index contributed by atoms with van der Waals surface area (Å²) in [4.78, 5) is 2.25. The van der Waals surface area contributed by atoms with Crippen LogP contribution in [0.25, 0.3) is 0 Å². The Labute approximate surface area is 122 Å². The second kappa shape index (κ2) is 6.27. The minimum absolute atomic E-state index is 0.0503. The third-order valence-corrected chi connectivity index (χ3v) is 6.60. The average Bonchev–Trinajstić information content (AvgIpc) is 2.81. The van der Waals surface area contributed by atoms with Crippen molar-refractivity contribution in [2.75, 3.05) is 33.2 Å². The molecule has 0 aromatic carbocycles. The molecular weight excluding hydrogens is 278 g/mol. The van der Waals surface area contributed by atoms with Crippen LogP contribution in [0.4, 0.5) is 0 Å². The van der Waals surface area contributed by atoms with E-state index in [2.05, 4.69) is 4.90 Å². The number of nitrogens with zero attached hydrogens (tertiary/aromatic N) is 3. The van der Waals surface area contributed by atoms with Gasteiger partial charge in [0, 0.05) is 26.2 Å². The Balaban J connectivity index is 2.06. The van der Waals surface area contributed by atoms with Crippen molar-refractivity contribution in [1.29, 1.82) is 0 Å². The van der Waals surface area contributed by atoms with Crippen LogP contribution in [0.1, 0.15) is 33.1 Å². The highest BCUT2D eigenvalue weighted by molar-refractivity contribution is 7.86. The molecule has 6 nitrogen and oxygen atoms in total. The minimum atomic E-state index is -3.46. The van der Waals surface area contributed by atoms with E-state index in [0.29, 0.717) is 6.54 Å². The molecule has 0 aliphatic carbocycles. The summed E-state index contributed by atoms with van der Waals surface area (Å²) in [6.07, 6.45) is 2.93. The zero-order valence-electron chi connectivity index (χ0n) is 12.7. The van der Waals surface area contributed by atoms with Gasteiger partial charge in [0.05, 0.1) is 12.1 Å². The summed E-state index contributed by atoms with van der Waals surface area (Å²) in [6.45, 7) is 6.25. The van der Waals surface area contributed by atoms with E-state index in [1.165, 1.54) is 15.0 Å². The average molecular weight is 305 g/mol. The van der Waals surface area contributed by atoms with Crippen molar-refractivity contribution in [2.45, 2.75) is 51.3 Å². The molecule has 7 heteroatoms. The van der Waals surface area contributed by atoms with E-state index in [1.54, 1.807) is 7.05 Å². The lowest BCUT2D eigenvalue weighted by Gasteiger charge is -2.33. The highest BCUT2D eigenvalue weighted by Gasteiger charge is 2.42. The van der Waals surface area contributed by atoms with Crippen LogP contribution in [0.2, 0.25) is 0 Å². The van der Waals surface area contributed by atoms with Crippen LogP contribution in [0, 0.1) is 0 Å². The smallest absolute Gasteiger partial charge is 0.282 e. The van der Waals surface area contributed by atoms with E-state index in [1.807, 2.05) is 13.8 Å². The van der Waals surface area contributed by atoms with E-state index < -0.39 is 16.3 Å². The molecule has 1 N–H and O–H groups in total. The van der Waals surface area contributed by atoms with Gasteiger partial charge in [-0.25, -0.2) is 0 Å². The first-order valence-corrected chi connectivity index (χ1v) is 8.89. The van der Waals surface area contributed by atoms with E-state index >= 15 is 0 Å². The Morgan fingerprint density at radius 1 is 1.15 bits per heavy atom. The van der Waals surface area contributed by atoms with E-state index in [-0.39, 0.29) is 18.6 Å². The van der Waals surface area contributed by atoms with E-state index in [0.717, 1.165) is 25.9 Å². The Morgan fingerprint density at radius 3 is 2.30 bits per heavy atom. The second-order valence-electron chi connectivity index (χ2n) is 6.17. The monoisotopic (exact) mass is 305 g/mol. The lowest BCUT2D eigenvalue weighted by molar-refractivity contribution is 0.0706. The standard InChI is InChI=1S/C13H27N3O3S/c1-11(2)14(3)20(18,19)16-9-12(13(17)10-16)15-7-5-4-6-8-15/h11-13,17H,4-10H2,1-3H3/t12-,13-/m0/s1. The third-order valence-electron chi connectivity index (χ3n) is 4.50. The predicted octanol–water partition coefficient (Wildman–Crippen LogP) is 0.102. The highest BCUT2D eigenvalue weighted by Crippen LogP contribution is 2.24. The second-order valence-corrected chi connectivity index (χ2v) is 8.15. The number of piperidine rings is 1.